The molecule has 0 aliphatic carbocycles. The Kier molecular flexibility index (Phi) is 5.84. The van der Waals surface area contributed by atoms with E-state index in [1.807, 2.05) is 0 Å². The first kappa shape index (κ1) is 23.3. The molecule has 2 aromatic carbocycles. The third-order valence-electron chi connectivity index (χ3n) is 4.04. The van der Waals surface area contributed by atoms with Crippen LogP contribution in [-0.2, 0) is 20.0 Å². The van der Waals surface area contributed by atoms with Crippen molar-refractivity contribution in [3.05, 3.63) is 74.8 Å². The van der Waals surface area contributed by atoms with Crippen LogP contribution in [0.25, 0.3) is 0 Å². The maximum atomic E-state index is 13.3. The van der Waals surface area contributed by atoms with E-state index in [2.05, 4.69) is 9.97 Å². The maximum absolute atomic E-state index is 13.3. The Morgan fingerprint density at radius 3 is 1.33 bits per heavy atom. The Bertz CT molecular complexity index is 1350. The highest BCUT2D eigenvalue weighted by molar-refractivity contribution is 8.10. The zero-order valence-corrected chi connectivity index (χ0v) is 17.8. The fraction of sp³-hybridized carbons (Fsp3) is 0. The Labute approximate surface area is 185 Å². The van der Waals surface area contributed by atoms with Crippen molar-refractivity contribution in [1.82, 2.24) is 9.97 Å². The number of sulfonamides is 2. The van der Waals surface area contributed by atoms with E-state index in [-0.39, 0.29) is 15.3 Å². The first-order chi connectivity index (χ1) is 15.3. The fourth-order valence-corrected chi connectivity index (χ4v) is 6.06. The van der Waals surface area contributed by atoms with E-state index >= 15 is 0 Å². The molecule has 4 N–H and O–H groups in total. The van der Waals surface area contributed by atoms with Gasteiger partial charge < -0.3 is 11.5 Å². The molecule has 0 saturated carbocycles. The zero-order chi connectivity index (χ0) is 24.6. The average molecular weight is 495 g/mol. The van der Waals surface area contributed by atoms with Crippen LogP contribution >= 0.6 is 0 Å². The number of non-ortho nitro benzene ring substituents is 2. The number of nitrogens with zero attached hydrogens (tertiary/aromatic N) is 5. The van der Waals surface area contributed by atoms with Crippen molar-refractivity contribution in [2.24, 2.45) is 0 Å². The molecular formula is C16H13N7O8S2. The van der Waals surface area contributed by atoms with Crippen molar-refractivity contribution in [2.75, 3.05) is 15.2 Å². The Morgan fingerprint density at radius 2 is 1.03 bits per heavy atom. The first-order valence-electron chi connectivity index (χ1n) is 8.53. The number of hydrogen-bond acceptors (Lipinski definition) is 12. The van der Waals surface area contributed by atoms with Gasteiger partial charge in [0.15, 0.2) is 0 Å². The Balaban J connectivity index is 2.25. The van der Waals surface area contributed by atoms with Gasteiger partial charge in [-0.1, -0.05) is 0 Å². The highest BCUT2D eigenvalue weighted by Gasteiger charge is 2.40. The molecule has 1 aromatic heterocycles. The van der Waals surface area contributed by atoms with Gasteiger partial charge in [-0.2, -0.15) is 26.8 Å². The average Bonchev–Trinajstić information content (AvgIpc) is 2.72. The highest BCUT2D eigenvalue weighted by atomic mass is 32.3. The fourth-order valence-electron chi connectivity index (χ4n) is 2.57. The quantitative estimate of drug-likeness (QED) is 0.345. The van der Waals surface area contributed by atoms with Crippen LogP contribution in [0.4, 0.5) is 29.0 Å². The van der Waals surface area contributed by atoms with Crippen molar-refractivity contribution in [1.29, 1.82) is 0 Å². The van der Waals surface area contributed by atoms with Crippen molar-refractivity contribution in [2.45, 2.75) is 9.79 Å². The van der Waals surface area contributed by atoms with E-state index in [0.717, 1.165) is 54.6 Å². The van der Waals surface area contributed by atoms with Crippen molar-refractivity contribution in [3.8, 4) is 0 Å². The van der Waals surface area contributed by atoms with Crippen LogP contribution in [0.1, 0.15) is 0 Å². The minimum absolute atomic E-state index is 0.158. The summed E-state index contributed by atoms with van der Waals surface area (Å²) in [5.74, 6) is -1.62. The number of nitro groups is 2. The zero-order valence-electron chi connectivity index (χ0n) is 16.2. The summed E-state index contributed by atoms with van der Waals surface area (Å²) in [6, 6.07) is 7.77. The molecule has 0 spiro atoms. The molecule has 1 heterocycles. The summed E-state index contributed by atoms with van der Waals surface area (Å²) in [4.78, 5) is 26.2. The van der Waals surface area contributed by atoms with Gasteiger partial charge >= 0.3 is 0 Å². The highest BCUT2D eigenvalue weighted by Crippen LogP contribution is 2.31. The van der Waals surface area contributed by atoms with E-state index in [1.165, 1.54) is 0 Å². The van der Waals surface area contributed by atoms with Crippen LogP contribution in [0, 0.1) is 20.2 Å². The van der Waals surface area contributed by atoms with E-state index in [0.29, 0.717) is 0 Å². The molecule has 15 nitrogen and oxygen atoms in total. The lowest BCUT2D eigenvalue weighted by atomic mass is 10.3. The lowest BCUT2D eigenvalue weighted by Crippen LogP contribution is -2.38. The topological polar surface area (TPSA) is 236 Å². The van der Waals surface area contributed by atoms with Crippen LogP contribution < -0.4 is 15.2 Å². The smallest absolute Gasteiger partial charge is 0.280 e. The van der Waals surface area contributed by atoms with Gasteiger partial charge in [0, 0.05) is 30.3 Å². The second-order valence-corrected chi connectivity index (χ2v) is 10.0. The first-order valence-corrected chi connectivity index (χ1v) is 11.4. The molecule has 0 aliphatic heterocycles. The largest absolute Gasteiger partial charge is 0.383 e. The molecule has 0 fully saturated rings. The van der Waals surface area contributed by atoms with Gasteiger partial charge in [0.2, 0.25) is 0 Å². The molecule has 0 bridgehead atoms. The van der Waals surface area contributed by atoms with Crippen LogP contribution in [0.5, 0.6) is 0 Å². The molecule has 0 amide bonds. The van der Waals surface area contributed by atoms with Crippen LogP contribution in [-0.4, -0.2) is 36.7 Å². The van der Waals surface area contributed by atoms with E-state index < -0.39 is 57.0 Å². The van der Waals surface area contributed by atoms with Crippen molar-refractivity contribution >= 4 is 49.0 Å². The van der Waals surface area contributed by atoms with Gasteiger partial charge in [-0.05, 0) is 24.3 Å². The SMILES string of the molecule is Nc1cc(N)nc(N(S(=O)(=O)c2ccc([N+](=O)[O-])cc2)S(=O)(=O)c2ccc([N+](=O)[O-])cc2)n1. The van der Waals surface area contributed by atoms with Crippen LogP contribution in [0.2, 0.25) is 0 Å². The summed E-state index contributed by atoms with van der Waals surface area (Å²) in [5, 5.41) is 21.7. The normalized spacial score (nSPS) is 11.6. The van der Waals surface area contributed by atoms with E-state index in [1.54, 1.807) is 0 Å². The van der Waals surface area contributed by atoms with Gasteiger partial charge in [0.25, 0.3) is 37.4 Å². The summed E-state index contributed by atoms with van der Waals surface area (Å²) < 4.78 is 53.2. The minimum Gasteiger partial charge on any atom is -0.383 e. The second kappa shape index (κ2) is 8.28. The molecular weight excluding hydrogens is 482 g/mol. The summed E-state index contributed by atoms with van der Waals surface area (Å²) in [6.07, 6.45) is 0. The predicted molar refractivity (Wildman–Crippen MR) is 114 cm³/mol. The lowest BCUT2D eigenvalue weighted by Gasteiger charge is -2.22. The third-order valence-corrected chi connectivity index (χ3v) is 8.16. The number of benzene rings is 2. The number of rotatable bonds is 7. The van der Waals surface area contributed by atoms with E-state index in [9.17, 15) is 37.1 Å². The number of nitrogens with two attached hydrogens (primary N) is 2. The monoisotopic (exact) mass is 495 g/mol. The number of nitrogen functional groups attached to an aromatic ring is 2. The predicted octanol–water partition coefficient (Wildman–Crippen LogP) is 1.04. The van der Waals surface area contributed by atoms with Crippen molar-refractivity contribution < 1.29 is 26.7 Å². The Hall–Kier alpha value is -4.38. The van der Waals surface area contributed by atoms with Crippen molar-refractivity contribution in [3.63, 3.8) is 0 Å². The van der Waals surface area contributed by atoms with Crippen LogP contribution in [0.15, 0.2) is 64.4 Å². The molecule has 17 heteroatoms. The lowest BCUT2D eigenvalue weighted by molar-refractivity contribution is -0.385. The molecule has 0 unspecified atom stereocenters. The van der Waals surface area contributed by atoms with Gasteiger partial charge in [0.05, 0.1) is 19.6 Å². The van der Waals surface area contributed by atoms with Gasteiger partial charge in [-0.15, -0.1) is 3.71 Å². The molecule has 0 aliphatic rings. The molecule has 0 atom stereocenters. The molecule has 33 heavy (non-hydrogen) atoms. The summed E-state index contributed by atoms with van der Waals surface area (Å²) in [7, 11) is -10.0. The molecule has 3 rings (SSSR count). The van der Waals surface area contributed by atoms with Gasteiger partial charge in [-0.25, -0.2) is 0 Å². The van der Waals surface area contributed by atoms with Crippen LogP contribution in [0.3, 0.4) is 0 Å². The number of aromatic nitrogens is 2. The standard InChI is InChI=1S/C16H13N7O8S2/c17-14-9-15(18)20-16(19-14)23(32(28,29)12-5-1-10(2-6-12)21(24)25)33(30,31)13-7-3-11(4-8-13)22(26)27/h1-9H,(H4,17,18,19,20). The van der Waals surface area contributed by atoms with Gasteiger partial charge in [-0.3, -0.25) is 20.2 Å². The summed E-state index contributed by atoms with van der Waals surface area (Å²) in [6.45, 7) is 0. The third kappa shape index (κ3) is 4.48. The maximum Gasteiger partial charge on any atom is 0.280 e. The summed E-state index contributed by atoms with van der Waals surface area (Å²) >= 11 is 0. The van der Waals surface area contributed by atoms with Gasteiger partial charge in [0.1, 0.15) is 11.6 Å². The molecule has 0 radical (unpaired) electrons. The van der Waals surface area contributed by atoms with E-state index in [4.69, 9.17) is 11.5 Å². The summed E-state index contributed by atoms with van der Waals surface area (Å²) in [5.41, 5.74) is 10.3. The number of hydrogen-bond donors (Lipinski definition) is 2. The second-order valence-electron chi connectivity index (χ2n) is 6.23. The molecule has 3 aromatic rings. The molecule has 172 valence electrons. The number of anilines is 3. The minimum atomic E-state index is -5.01. The Morgan fingerprint density at radius 1 is 0.697 bits per heavy atom. The molecule has 0 saturated heterocycles. The number of nitro benzene ring substituents is 2.